The zero-order chi connectivity index (χ0) is 12.7. The molecule has 0 spiro atoms. The van der Waals surface area contributed by atoms with Crippen molar-refractivity contribution in [3.05, 3.63) is 67.5 Å². The minimum absolute atomic E-state index is 0.825. The molecule has 0 aliphatic heterocycles. The van der Waals surface area contributed by atoms with E-state index in [1.165, 1.54) is 0 Å². The number of furan rings is 1. The predicted octanol–water partition coefficient (Wildman–Crippen LogP) is 5.21. The second-order valence-corrected chi connectivity index (χ2v) is 3.21. The first-order chi connectivity index (χ1) is 8.35. The molecule has 0 amide bonds. The van der Waals surface area contributed by atoms with Crippen molar-refractivity contribution < 1.29 is 4.42 Å². The molecule has 1 nitrogen and oxygen atoms in total. The third-order valence-corrected chi connectivity index (χ3v) is 2.23. The molecule has 0 bridgehead atoms. The van der Waals surface area contributed by atoms with E-state index in [4.69, 9.17) is 4.42 Å². The molecule has 2 rings (SSSR count). The van der Waals surface area contributed by atoms with Crippen molar-refractivity contribution in [1.29, 1.82) is 0 Å². The Morgan fingerprint density at radius 1 is 1.18 bits per heavy atom. The van der Waals surface area contributed by atoms with Crippen LogP contribution in [0.3, 0.4) is 0 Å². The summed E-state index contributed by atoms with van der Waals surface area (Å²) in [6, 6.07) is 9.93. The number of rotatable bonds is 3. The largest absolute Gasteiger partial charge is 0.456 e. The van der Waals surface area contributed by atoms with Crippen LogP contribution in [0.2, 0.25) is 0 Å². The number of benzene rings is 1. The van der Waals surface area contributed by atoms with Crippen LogP contribution in [-0.2, 0) is 0 Å². The second kappa shape index (κ2) is 6.54. The lowest BCUT2D eigenvalue weighted by Gasteiger charge is -1.93. The molecule has 1 aromatic heterocycles. The van der Waals surface area contributed by atoms with Crippen molar-refractivity contribution in [2.75, 3.05) is 0 Å². The fourth-order valence-electron chi connectivity index (χ4n) is 1.50. The van der Waals surface area contributed by atoms with Gasteiger partial charge in [-0.05, 0) is 12.1 Å². The van der Waals surface area contributed by atoms with Gasteiger partial charge < -0.3 is 4.42 Å². The van der Waals surface area contributed by atoms with Crippen molar-refractivity contribution in [1.82, 2.24) is 0 Å². The van der Waals surface area contributed by atoms with Gasteiger partial charge in [-0.3, -0.25) is 0 Å². The van der Waals surface area contributed by atoms with Crippen molar-refractivity contribution in [2.45, 2.75) is 13.8 Å². The van der Waals surface area contributed by atoms with Crippen molar-refractivity contribution in [3.63, 3.8) is 0 Å². The standard InChI is InChI=1S/C14H12O.C2H6/c1-3-7-11(4-2)14-10-12-8-5-6-9-13(12)15-14;1-2/h3-10H,1-2H2;1-2H3/b11-7+;. The van der Waals surface area contributed by atoms with E-state index in [2.05, 4.69) is 13.2 Å². The highest BCUT2D eigenvalue weighted by atomic mass is 16.3. The average molecular weight is 226 g/mol. The fraction of sp³-hybridized carbons (Fsp3) is 0.125. The van der Waals surface area contributed by atoms with E-state index in [1.807, 2.05) is 50.3 Å². The molecular weight excluding hydrogens is 208 g/mol. The molecular formula is C16H18O. The highest BCUT2D eigenvalue weighted by Gasteiger charge is 2.04. The molecule has 0 aliphatic carbocycles. The lowest BCUT2D eigenvalue weighted by Crippen LogP contribution is -1.72. The summed E-state index contributed by atoms with van der Waals surface area (Å²) >= 11 is 0. The SMILES string of the molecule is C=C/C=C(\C=C)c1cc2ccccc2o1.CC. The van der Waals surface area contributed by atoms with E-state index >= 15 is 0 Å². The van der Waals surface area contributed by atoms with Gasteiger partial charge in [0.2, 0.25) is 0 Å². The van der Waals surface area contributed by atoms with Crippen LogP contribution in [0.4, 0.5) is 0 Å². The summed E-state index contributed by atoms with van der Waals surface area (Å²) in [7, 11) is 0. The van der Waals surface area contributed by atoms with Gasteiger partial charge >= 0.3 is 0 Å². The minimum atomic E-state index is 0.825. The Morgan fingerprint density at radius 3 is 2.47 bits per heavy atom. The molecule has 1 heteroatoms. The number of para-hydroxylation sites is 1. The predicted molar refractivity (Wildman–Crippen MR) is 75.9 cm³/mol. The molecule has 1 aromatic carbocycles. The number of hydrogen-bond donors (Lipinski definition) is 0. The number of allylic oxidation sites excluding steroid dienone is 4. The molecule has 0 unspecified atom stereocenters. The van der Waals surface area contributed by atoms with E-state index in [-0.39, 0.29) is 0 Å². The van der Waals surface area contributed by atoms with Gasteiger partial charge in [0.05, 0.1) is 0 Å². The van der Waals surface area contributed by atoms with Crippen molar-refractivity contribution in [2.24, 2.45) is 0 Å². The Kier molecular flexibility index (Phi) is 5.02. The Hall–Kier alpha value is -2.02. The van der Waals surface area contributed by atoms with Gasteiger partial charge in [0.1, 0.15) is 11.3 Å². The smallest absolute Gasteiger partial charge is 0.135 e. The van der Waals surface area contributed by atoms with Crippen LogP contribution >= 0.6 is 0 Å². The zero-order valence-electron chi connectivity index (χ0n) is 10.4. The third-order valence-electron chi connectivity index (χ3n) is 2.23. The van der Waals surface area contributed by atoms with Gasteiger partial charge in [-0.1, -0.05) is 63.4 Å². The Bertz CT molecular complexity index is 496. The van der Waals surface area contributed by atoms with Crippen LogP contribution in [0.1, 0.15) is 19.6 Å². The van der Waals surface area contributed by atoms with Gasteiger partial charge in [0, 0.05) is 11.0 Å². The van der Waals surface area contributed by atoms with E-state index in [1.54, 1.807) is 12.2 Å². The van der Waals surface area contributed by atoms with E-state index in [9.17, 15) is 0 Å². The fourth-order valence-corrected chi connectivity index (χ4v) is 1.50. The second-order valence-electron chi connectivity index (χ2n) is 3.21. The molecule has 17 heavy (non-hydrogen) atoms. The summed E-state index contributed by atoms with van der Waals surface area (Å²) in [6.45, 7) is 11.4. The average Bonchev–Trinajstić information content (AvgIpc) is 2.81. The Balaban J connectivity index is 0.000000686. The molecule has 88 valence electrons. The van der Waals surface area contributed by atoms with Gasteiger partial charge in [0.25, 0.3) is 0 Å². The Labute approximate surface area is 103 Å². The highest BCUT2D eigenvalue weighted by molar-refractivity contribution is 5.84. The first-order valence-electron chi connectivity index (χ1n) is 5.79. The number of fused-ring (bicyclic) bond motifs is 1. The quantitative estimate of drug-likeness (QED) is 0.654. The lowest BCUT2D eigenvalue weighted by molar-refractivity contribution is 0.601. The number of hydrogen-bond acceptors (Lipinski definition) is 1. The van der Waals surface area contributed by atoms with Crippen LogP contribution in [0.15, 0.2) is 66.1 Å². The third kappa shape index (κ3) is 2.97. The maximum Gasteiger partial charge on any atom is 0.135 e. The first kappa shape index (κ1) is 13.0. The van der Waals surface area contributed by atoms with Gasteiger partial charge in [0.15, 0.2) is 0 Å². The van der Waals surface area contributed by atoms with E-state index in [0.29, 0.717) is 0 Å². The molecule has 0 aliphatic rings. The molecule has 0 N–H and O–H groups in total. The van der Waals surface area contributed by atoms with Gasteiger partial charge in [-0.15, -0.1) is 0 Å². The summed E-state index contributed by atoms with van der Waals surface area (Å²) in [5, 5.41) is 1.10. The molecule has 0 atom stereocenters. The summed E-state index contributed by atoms with van der Waals surface area (Å²) in [5.74, 6) is 0.825. The molecule has 1 heterocycles. The Morgan fingerprint density at radius 2 is 1.88 bits per heavy atom. The highest BCUT2D eigenvalue weighted by Crippen LogP contribution is 2.24. The van der Waals surface area contributed by atoms with E-state index < -0.39 is 0 Å². The van der Waals surface area contributed by atoms with Crippen molar-refractivity contribution >= 4 is 16.5 Å². The molecule has 0 saturated heterocycles. The van der Waals surface area contributed by atoms with Crippen molar-refractivity contribution in [3.8, 4) is 0 Å². The van der Waals surface area contributed by atoms with Crippen LogP contribution in [0.25, 0.3) is 16.5 Å². The zero-order valence-corrected chi connectivity index (χ0v) is 10.4. The lowest BCUT2D eigenvalue weighted by atomic mass is 10.1. The summed E-state index contributed by atoms with van der Waals surface area (Å²) in [6.07, 6.45) is 5.37. The summed E-state index contributed by atoms with van der Waals surface area (Å²) < 4.78 is 5.69. The van der Waals surface area contributed by atoms with Crippen LogP contribution in [-0.4, -0.2) is 0 Å². The summed E-state index contributed by atoms with van der Waals surface area (Å²) in [5.41, 5.74) is 1.84. The van der Waals surface area contributed by atoms with E-state index in [0.717, 1.165) is 22.3 Å². The summed E-state index contributed by atoms with van der Waals surface area (Å²) in [4.78, 5) is 0. The van der Waals surface area contributed by atoms with Crippen LogP contribution in [0.5, 0.6) is 0 Å². The minimum Gasteiger partial charge on any atom is -0.456 e. The maximum atomic E-state index is 5.69. The maximum absolute atomic E-state index is 5.69. The normalized spacial score (nSPS) is 10.6. The van der Waals surface area contributed by atoms with Crippen LogP contribution in [0, 0.1) is 0 Å². The van der Waals surface area contributed by atoms with Gasteiger partial charge in [-0.25, -0.2) is 0 Å². The molecule has 0 saturated carbocycles. The van der Waals surface area contributed by atoms with Gasteiger partial charge in [-0.2, -0.15) is 0 Å². The monoisotopic (exact) mass is 226 g/mol. The molecule has 0 radical (unpaired) electrons. The topological polar surface area (TPSA) is 13.1 Å². The molecule has 0 fully saturated rings. The first-order valence-corrected chi connectivity index (χ1v) is 5.79. The molecule has 2 aromatic rings. The van der Waals surface area contributed by atoms with Crippen LogP contribution < -0.4 is 0 Å².